The molecule has 0 saturated carbocycles. The summed E-state index contributed by atoms with van der Waals surface area (Å²) in [4.78, 5) is 17.8. The zero-order valence-corrected chi connectivity index (χ0v) is 11.1. The van der Waals surface area contributed by atoms with Gasteiger partial charge in [-0.05, 0) is 18.6 Å². The fourth-order valence-electron chi connectivity index (χ4n) is 1.77. The predicted octanol–water partition coefficient (Wildman–Crippen LogP) is 2.34. The van der Waals surface area contributed by atoms with Crippen molar-refractivity contribution in [3.63, 3.8) is 0 Å². The van der Waals surface area contributed by atoms with Gasteiger partial charge in [-0.15, -0.1) is 0 Å². The van der Waals surface area contributed by atoms with Gasteiger partial charge in [-0.1, -0.05) is 13.3 Å². The minimum absolute atomic E-state index is 0.0105. The standard InChI is InChI=1S/C14H16FN3O2/c1-2-3-6-20-12-7-9(15)4-5-10(12)11-8-13(19)18-14(16)17-11/h4-5,7-8H,2-3,6H2,1H3,(H3,16,17,18,19). The normalized spacial score (nSPS) is 10.5. The Balaban J connectivity index is 2.41. The first-order valence-electron chi connectivity index (χ1n) is 6.39. The van der Waals surface area contributed by atoms with Crippen molar-refractivity contribution in [1.29, 1.82) is 0 Å². The van der Waals surface area contributed by atoms with E-state index in [0.717, 1.165) is 12.8 Å². The maximum absolute atomic E-state index is 13.3. The second kappa shape index (κ2) is 6.18. The highest BCUT2D eigenvalue weighted by Crippen LogP contribution is 2.29. The van der Waals surface area contributed by atoms with Crippen LogP contribution in [0.25, 0.3) is 11.3 Å². The van der Waals surface area contributed by atoms with Crippen molar-refractivity contribution in [2.75, 3.05) is 12.3 Å². The average molecular weight is 277 g/mol. The number of aromatic amines is 1. The monoisotopic (exact) mass is 277 g/mol. The number of nitrogens with one attached hydrogen (secondary N) is 1. The van der Waals surface area contributed by atoms with Crippen LogP contribution in [0.4, 0.5) is 10.3 Å². The number of anilines is 1. The number of ether oxygens (including phenoxy) is 1. The Labute approximate surface area is 115 Å². The molecule has 2 rings (SSSR count). The van der Waals surface area contributed by atoms with Crippen LogP contribution in [0.15, 0.2) is 29.1 Å². The summed E-state index contributed by atoms with van der Waals surface area (Å²) in [5.74, 6) is -0.0367. The molecule has 0 unspecified atom stereocenters. The van der Waals surface area contributed by atoms with E-state index in [2.05, 4.69) is 9.97 Å². The van der Waals surface area contributed by atoms with Gasteiger partial charge in [0.05, 0.1) is 12.3 Å². The summed E-state index contributed by atoms with van der Waals surface area (Å²) in [5, 5.41) is 0. The van der Waals surface area contributed by atoms with Gasteiger partial charge in [0.2, 0.25) is 5.95 Å². The van der Waals surface area contributed by atoms with E-state index < -0.39 is 5.82 Å². The van der Waals surface area contributed by atoms with Crippen LogP contribution in [0.1, 0.15) is 19.8 Å². The third kappa shape index (κ3) is 3.34. The number of aromatic nitrogens is 2. The van der Waals surface area contributed by atoms with E-state index >= 15 is 0 Å². The summed E-state index contributed by atoms with van der Waals surface area (Å²) in [7, 11) is 0. The van der Waals surface area contributed by atoms with Gasteiger partial charge in [0.1, 0.15) is 11.6 Å². The quantitative estimate of drug-likeness (QED) is 0.822. The molecular weight excluding hydrogens is 261 g/mol. The van der Waals surface area contributed by atoms with Gasteiger partial charge in [-0.2, -0.15) is 0 Å². The molecule has 0 aliphatic carbocycles. The Morgan fingerprint density at radius 3 is 2.90 bits per heavy atom. The molecule has 0 aliphatic rings. The highest BCUT2D eigenvalue weighted by atomic mass is 19.1. The summed E-state index contributed by atoms with van der Waals surface area (Å²) in [6.07, 6.45) is 1.84. The number of nitrogens with zero attached hydrogens (tertiary/aromatic N) is 1. The maximum atomic E-state index is 13.3. The predicted molar refractivity (Wildman–Crippen MR) is 75.1 cm³/mol. The number of rotatable bonds is 5. The maximum Gasteiger partial charge on any atom is 0.252 e. The lowest BCUT2D eigenvalue weighted by Gasteiger charge is -2.11. The fourth-order valence-corrected chi connectivity index (χ4v) is 1.77. The van der Waals surface area contributed by atoms with Crippen molar-refractivity contribution in [3.05, 3.63) is 40.4 Å². The lowest BCUT2D eigenvalue weighted by atomic mass is 10.1. The third-order valence-corrected chi connectivity index (χ3v) is 2.74. The van der Waals surface area contributed by atoms with E-state index in [1.54, 1.807) is 0 Å². The van der Waals surface area contributed by atoms with Crippen LogP contribution in [0.5, 0.6) is 5.75 Å². The second-order valence-corrected chi connectivity index (χ2v) is 4.36. The van der Waals surface area contributed by atoms with Crippen molar-refractivity contribution in [1.82, 2.24) is 9.97 Å². The molecule has 0 spiro atoms. The molecule has 0 amide bonds. The Hall–Kier alpha value is -2.37. The van der Waals surface area contributed by atoms with E-state index in [1.807, 2.05) is 6.92 Å². The molecule has 1 heterocycles. The molecule has 0 radical (unpaired) electrons. The van der Waals surface area contributed by atoms with Gasteiger partial charge in [0.25, 0.3) is 5.56 Å². The number of H-pyrrole nitrogens is 1. The number of benzene rings is 1. The van der Waals surface area contributed by atoms with E-state index in [9.17, 15) is 9.18 Å². The van der Waals surface area contributed by atoms with Crippen LogP contribution in [-0.4, -0.2) is 16.6 Å². The molecule has 1 aromatic carbocycles. The summed E-state index contributed by atoms with van der Waals surface area (Å²) in [6.45, 7) is 2.51. The topological polar surface area (TPSA) is 81.0 Å². The lowest BCUT2D eigenvalue weighted by molar-refractivity contribution is 0.309. The van der Waals surface area contributed by atoms with Crippen LogP contribution < -0.4 is 16.0 Å². The van der Waals surface area contributed by atoms with Gasteiger partial charge in [0, 0.05) is 17.7 Å². The molecule has 0 aliphatic heterocycles. The van der Waals surface area contributed by atoms with Crippen LogP contribution >= 0.6 is 0 Å². The second-order valence-electron chi connectivity index (χ2n) is 4.36. The minimum atomic E-state index is -0.405. The van der Waals surface area contributed by atoms with E-state index in [0.29, 0.717) is 23.6 Å². The van der Waals surface area contributed by atoms with Crippen LogP contribution in [-0.2, 0) is 0 Å². The summed E-state index contributed by atoms with van der Waals surface area (Å²) >= 11 is 0. The number of unbranched alkanes of at least 4 members (excludes halogenated alkanes) is 1. The Morgan fingerprint density at radius 1 is 1.40 bits per heavy atom. The van der Waals surface area contributed by atoms with E-state index in [-0.39, 0.29) is 11.5 Å². The van der Waals surface area contributed by atoms with Crippen molar-refractivity contribution < 1.29 is 9.13 Å². The molecular formula is C14H16FN3O2. The Bertz CT molecular complexity index is 655. The van der Waals surface area contributed by atoms with Crippen LogP contribution in [0.2, 0.25) is 0 Å². The molecule has 0 saturated heterocycles. The number of nitrogens with two attached hydrogens (primary N) is 1. The molecule has 20 heavy (non-hydrogen) atoms. The molecule has 0 fully saturated rings. The molecule has 2 aromatic rings. The van der Waals surface area contributed by atoms with Gasteiger partial charge < -0.3 is 10.5 Å². The molecule has 0 atom stereocenters. The first-order chi connectivity index (χ1) is 9.60. The van der Waals surface area contributed by atoms with Crippen molar-refractivity contribution in [3.8, 4) is 17.0 Å². The van der Waals surface area contributed by atoms with E-state index in [4.69, 9.17) is 10.5 Å². The third-order valence-electron chi connectivity index (χ3n) is 2.74. The highest BCUT2D eigenvalue weighted by Gasteiger charge is 2.10. The molecule has 1 aromatic heterocycles. The van der Waals surface area contributed by atoms with Crippen molar-refractivity contribution in [2.45, 2.75) is 19.8 Å². The molecule has 6 heteroatoms. The first kappa shape index (κ1) is 14.0. The smallest absolute Gasteiger partial charge is 0.252 e. The van der Waals surface area contributed by atoms with Crippen LogP contribution in [0, 0.1) is 5.82 Å². The summed E-state index contributed by atoms with van der Waals surface area (Å²) in [5.41, 5.74) is 6.05. The number of halogens is 1. The average Bonchev–Trinajstić information content (AvgIpc) is 2.38. The largest absolute Gasteiger partial charge is 0.493 e. The van der Waals surface area contributed by atoms with Gasteiger partial charge >= 0.3 is 0 Å². The zero-order chi connectivity index (χ0) is 14.5. The summed E-state index contributed by atoms with van der Waals surface area (Å²) in [6, 6.07) is 5.40. The molecule has 3 N–H and O–H groups in total. The Morgan fingerprint density at radius 2 is 2.20 bits per heavy atom. The molecule has 106 valence electrons. The fraction of sp³-hybridized carbons (Fsp3) is 0.286. The van der Waals surface area contributed by atoms with Gasteiger partial charge in [-0.25, -0.2) is 9.37 Å². The highest BCUT2D eigenvalue weighted by molar-refractivity contribution is 5.67. The van der Waals surface area contributed by atoms with Gasteiger partial charge in [-0.3, -0.25) is 9.78 Å². The first-order valence-corrected chi connectivity index (χ1v) is 6.39. The zero-order valence-electron chi connectivity index (χ0n) is 11.1. The number of hydrogen-bond donors (Lipinski definition) is 2. The van der Waals surface area contributed by atoms with E-state index in [1.165, 1.54) is 24.3 Å². The number of nitrogen functional groups attached to an aromatic ring is 1. The van der Waals surface area contributed by atoms with Crippen LogP contribution in [0.3, 0.4) is 0 Å². The lowest BCUT2D eigenvalue weighted by Crippen LogP contribution is -2.10. The minimum Gasteiger partial charge on any atom is -0.493 e. The van der Waals surface area contributed by atoms with Crippen molar-refractivity contribution >= 4 is 5.95 Å². The number of hydrogen-bond acceptors (Lipinski definition) is 4. The molecule has 0 bridgehead atoms. The Kier molecular flexibility index (Phi) is 4.34. The summed E-state index contributed by atoms with van der Waals surface area (Å²) < 4.78 is 18.9. The SMILES string of the molecule is CCCCOc1cc(F)ccc1-c1cc(=O)[nH]c(N)n1. The molecule has 5 nitrogen and oxygen atoms in total. The van der Waals surface area contributed by atoms with Crippen molar-refractivity contribution in [2.24, 2.45) is 0 Å². The van der Waals surface area contributed by atoms with Gasteiger partial charge in [0.15, 0.2) is 0 Å².